The van der Waals surface area contributed by atoms with Crippen molar-refractivity contribution in [3.05, 3.63) is 58.0 Å². The Hall–Kier alpha value is -2.76. The summed E-state index contributed by atoms with van der Waals surface area (Å²) >= 11 is 0. The van der Waals surface area contributed by atoms with E-state index in [2.05, 4.69) is 19.9 Å². The first-order chi connectivity index (χ1) is 14.2. The van der Waals surface area contributed by atoms with Crippen molar-refractivity contribution < 1.29 is 0 Å². The Morgan fingerprint density at radius 1 is 1.07 bits per heavy atom. The molecule has 1 saturated heterocycles. The summed E-state index contributed by atoms with van der Waals surface area (Å²) in [6, 6.07) is 7.63. The maximum absolute atomic E-state index is 13.0. The number of nitrogens with zero attached hydrogens (tertiary/aromatic N) is 5. The predicted octanol–water partition coefficient (Wildman–Crippen LogP) is 3.29. The van der Waals surface area contributed by atoms with Crippen molar-refractivity contribution in [2.45, 2.75) is 52.0 Å². The van der Waals surface area contributed by atoms with Crippen LogP contribution < -0.4 is 10.5 Å². The fourth-order valence-corrected chi connectivity index (χ4v) is 4.86. The second kappa shape index (κ2) is 7.58. The van der Waals surface area contributed by atoms with Crippen molar-refractivity contribution in [3.8, 4) is 0 Å². The highest BCUT2D eigenvalue weighted by atomic mass is 16.1. The van der Waals surface area contributed by atoms with Gasteiger partial charge in [-0.25, -0.2) is 15.0 Å². The summed E-state index contributed by atoms with van der Waals surface area (Å²) in [7, 11) is 0. The Balaban J connectivity index is 1.32. The maximum atomic E-state index is 13.0. The zero-order chi connectivity index (χ0) is 19.8. The summed E-state index contributed by atoms with van der Waals surface area (Å²) in [6.45, 7) is 4.67. The second-order valence-corrected chi connectivity index (χ2v) is 8.35. The van der Waals surface area contributed by atoms with Crippen LogP contribution in [0.3, 0.4) is 0 Å². The molecule has 0 spiro atoms. The van der Waals surface area contributed by atoms with E-state index >= 15 is 0 Å². The van der Waals surface area contributed by atoms with Gasteiger partial charge >= 0.3 is 0 Å². The van der Waals surface area contributed by atoms with E-state index < -0.39 is 0 Å². The van der Waals surface area contributed by atoms with E-state index in [0.717, 1.165) is 62.5 Å². The van der Waals surface area contributed by atoms with Gasteiger partial charge in [0.15, 0.2) is 0 Å². The Morgan fingerprint density at radius 3 is 2.72 bits per heavy atom. The highest BCUT2D eigenvalue weighted by molar-refractivity contribution is 5.77. The van der Waals surface area contributed by atoms with Crippen molar-refractivity contribution in [1.29, 1.82) is 0 Å². The average molecular weight is 390 g/mol. The van der Waals surface area contributed by atoms with Crippen LogP contribution >= 0.6 is 0 Å². The molecule has 1 aliphatic carbocycles. The number of aromatic nitrogens is 4. The van der Waals surface area contributed by atoms with Gasteiger partial charge in [-0.15, -0.1) is 0 Å². The molecule has 0 atom stereocenters. The maximum Gasteiger partial charge on any atom is 0.261 e. The zero-order valence-electron chi connectivity index (χ0n) is 17.0. The normalized spacial score (nSPS) is 17.5. The second-order valence-electron chi connectivity index (χ2n) is 8.35. The fraction of sp³-hybridized carbons (Fsp3) is 0.478. The number of rotatable bonds is 3. The SMILES string of the molecule is Cc1nc2ccccc2c(=O)n1CC1CCN(c2ncnc3c2CCCC3)CC1. The molecule has 2 aliphatic rings. The summed E-state index contributed by atoms with van der Waals surface area (Å²) in [5, 5.41) is 0.711. The van der Waals surface area contributed by atoms with Crippen LogP contribution in [-0.2, 0) is 19.4 Å². The quantitative estimate of drug-likeness (QED) is 0.688. The minimum absolute atomic E-state index is 0.0837. The first kappa shape index (κ1) is 18.3. The van der Waals surface area contributed by atoms with E-state index in [1.54, 1.807) is 6.33 Å². The molecule has 1 aromatic carbocycles. The highest BCUT2D eigenvalue weighted by Crippen LogP contribution is 2.30. The van der Waals surface area contributed by atoms with Crippen LogP contribution in [0.15, 0.2) is 35.4 Å². The van der Waals surface area contributed by atoms with Gasteiger partial charge in [0.25, 0.3) is 5.56 Å². The smallest absolute Gasteiger partial charge is 0.261 e. The van der Waals surface area contributed by atoms with E-state index in [-0.39, 0.29) is 5.56 Å². The molecule has 0 radical (unpaired) electrons. The van der Waals surface area contributed by atoms with Crippen LogP contribution in [0.2, 0.25) is 0 Å². The molecule has 3 aromatic rings. The number of benzene rings is 1. The standard InChI is InChI=1S/C23H27N5O/c1-16-26-21-9-5-3-7-19(21)23(29)28(16)14-17-10-12-27(13-11-17)22-18-6-2-4-8-20(18)24-15-25-22/h3,5,7,9,15,17H,2,4,6,8,10-14H2,1H3. The third-order valence-corrected chi connectivity index (χ3v) is 6.51. The minimum Gasteiger partial charge on any atom is -0.356 e. The number of anilines is 1. The molecule has 1 fully saturated rings. The average Bonchev–Trinajstić information content (AvgIpc) is 2.77. The van der Waals surface area contributed by atoms with Crippen LogP contribution in [0.4, 0.5) is 5.82 Å². The van der Waals surface area contributed by atoms with Gasteiger partial charge in [0.05, 0.1) is 10.9 Å². The summed E-state index contributed by atoms with van der Waals surface area (Å²) in [6.07, 6.45) is 8.52. The van der Waals surface area contributed by atoms with Crippen LogP contribution in [0.25, 0.3) is 10.9 Å². The van der Waals surface area contributed by atoms with Gasteiger partial charge in [-0.1, -0.05) is 12.1 Å². The third kappa shape index (κ3) is 3.41. The molecule has 0 N–H and O–H groups in total. The molecule has 3 heterocycles. The largest absolute Gasteiger partial charge is 0.356 e. The lowest BCUT2D eigenvalue weighted by molar-refractivity contribution is 0.347. The van der Waals surface area contributed by atoms with Crippen molar-refractivity contribution in [2.75, 3.05) is 18.0 Å². The Bertz CT molecular complexity index is 1100. The zero-order valence-corrected chi connectivity index (χ0v) is 17.0. The van der Waals surface area contributed by atoms with Crippen LogP contribution in [0, 0.1) is 12.8 Å². The van der Waals surface area contributed by atoms with Crippen molar-refractivity contribution in [1.82, 2.24) is 19.5 Å². The lowest BCUT2D eigenvalue weighted by Crippen LogP contribution is -2.38. The molecular formula is C23H27N5O. The lowest BCUT2D eigenvalue weighted by atomic mass is 9.93. The highest BCUT2D eigenvalue weighted by Gasteiger charge is 2.25. The first-order valence-corrected chi connectivity index (χ1v) is 10.7. The number of para-hydroxylation sites is 1. The molecule has 29 heavy (non-hydrogen) atoms. The van der Waals surface area contributed by atoms with Gasteiger partial charge in [0, 0.05) is 30.9 Å². The van der Waals surface area contributed by atoms with Gasteiger partial charge in [0.1, 0.15) is 18.0 Å². The molecule has 6 nitrogen and oxygen atoms in total. The van der Waals surface area contributed by atoms with Crippen molar-refractivity contribution >= 4 is 16.7 Å². The van der Waals surface area contributed by atoms with Gasteiger partial charge in [0.2, 0.25) is 0 Å². The fourth-order valence-electron chi connectivity index (χ4n) is 4.86. The van der Waals surface area contributed by atoms with E-state index in [1.807, 2.05) is 35.8 Å². The topological polar surface area (TPSA) is 63.9 Å². The van der Waals surface area contributed by atoms with Crippen molar-refractivity contribution in [2.24, 2.45) is 5.92 Å². The van der Waals surface area contributed by atoms with Crippen molar-refractivity contribution in [3.63, 3.8) is 0 Å². The van der Waals surface area contributed by atoms with Crippen LogP contribution in [0.5, 0.6) is 0 Å². The van der Waals surface area contributed by atoms with Crippen LogP contribution in [-0.4, -0.2) is 32.6 Å². The first-order valence-electron chi connectivity index (χ1n) is 10.7. The summed E-state index contributed by atoms with van der Waals surface area (Å²) in [5.74, 6) is 2.44. The van der Waals surface area contributed by atoms with E-state index in [0.29, 0.717) is 11.3 Å². The molecule has 0 amide bonds. The van der Waals surface area contributed by atoms with Gasteiger partial charge < -0.3 is 4.90 Å². The lowest BCUT2D eigenvalue weighted by Gasteiger charge is -2.35. The molecule has 150 valence electrons. The van der Waals surface area contributed by atoms with E-state index in [9.17, 15) is 4.79 Å². The number of fused-ring (bicyclic) bond motifs is 2. The number of aryl methyl sites for hydroxylation is 2. The van der Waals surface area contributed by atoms with E-state index in [1.165, 1.54) is 24.1 Å². The van der Waals surface area contributed by atoms with E-state index in [4.69, 9.17) is 0 Å². The number of piperidine rings is 1. The Labute approximate surface area is 170 Å². The molecule has 0 unspecified atom stereocenters. The molecule has 2 aromatic heterocycles. The third-order valence-electron chi connectivity index (χ3n) is 6.51. The predicted molar refractivity (Wildman–Crippen MR) is 114 cm³/mol. The number of hydrogen-bond acceptors (Lipinski definition) is 5. The summed E-state index contributed by atoms with van der Waals surface area (Å²) in [5.41, 5.74) is 3.48. The summed E-state index contributed by atoms with van der Waals surface area (Å²) < 4.78 is 1.87. The van der Waals surface area contributed by atoms with Gasteiger partial charge in [-0.2, -0.15) is 0 Å². The molecule has 6 heteroatoms. The number of hydrogen-bond donors (Lipinski definition) is 0. The Kier molecular flexibility index (Phi) is 4.78. The molecule has 0 bridgehead atoms. The minimum atomic E-state index is 0.0837. The Morgan fingerprint density at radius 2 is 1.86 bits per heavy atom. The monoisotopic (exact) mass is 389 g/mol. The summed E-state index contributed by atoms with van der Waals surface area (Å²) in [4.78, 5) is 29.2. The molecular weight excluding hydrogens is 362 g/mol. The molecule has 1 aliphatic heterocycles. The van der Waals surface area contributed by atoms with Crippen LogP contribution in [0.1, 0.15) is 42.8 Å². The molecule has 5 rings (SSSR count). The van der Waals surface area contributed by atoms with Gasteiger partial charge in [-0.05, 0) is 63.5 Å². The van der Waals surface area contributed by atoms with Gasteiger partial charge in [-0.3, -0.25) is 9.36 Å². The molecule has 0 saturated carbocycles.